The van der Waals surface area contributed by atoms with Crippen molar-refractivity contribution in [2.45, 2.75) is 162 Å². The quantitative estimate of drug-likeness (QED) is 0.119. The van der Waals surface area contributed by atoms with Crippen LogP contribution in [0, 0.1) is 0 Å². The lowest BCUT2D eigenvalue weighted by Crippen LogP contribution is -2.47. The molecule has 4 aliphatic carbocycles. The average molecular weight is 995 g/mol. The third-order valence-electron chi connectivity index (χ3n) is 14.3. The van der Waals surface area contributed by atoms with Crippen molar-refractivity contribution in [3.05, 3.63) is 97.1 Å². The van der Waals surface area contributed by atoms with Gasteiger partial charge >= 0.3 is 0 Å². The first kappa shape index (κ1) is 49.7. The van der Waals surface area contributed by atoms with E-state index < -0.39 is 9.84 Å². The smallest absolute Gasteiger partial charge is 0.234 e. The number of nitrogens with zero attached hydrogens (tertiary/aromatic N) is 2. The van der Waals surface area contributed by atoms with Gasteiger partial charge < -0.3 is 20.4 Å². The van der Waals surface area contributed by atoms with Crippen LogP contribution in [0.25, 0.3) is 22.3 Å². The second kappa shape index (κ2) is 24.2. The molecule has 0 radical (unpaired) electrons. The van der Waals surface area contributed by atoms with Crippen LogP contribution in [0.5, 0.6) is 0 Å². The summed E-state index contributed by atoms with van der Waals surface area (Å²) < 4.78 is 29.1. The molecule has 4 fully saturated rings. The van der Waals surface area contributed by atoms with Gasteiger partial charge in [-0.05, 0) is 122 Å². The van der Waals surface area contributed by atoms with Crippen LogP contribution in [0.1, 0.15) is 128 Å². The highest BCUT2D eigenvalue weighted by Gasteiger charge is 2.32. The van der Waals surface area contributed by atoms with Crippen molar-refractivity contribution in [3.63, 3.8) is 0 Å². The van der Waals surface area contributed by atoms with Gasteiger partial charge in [-0.15, -0.1) is 0 Å². The fourth-order valence-electron chi connectivity index (χ4n) is 10.7. The third kappa shape index (κ3) is 13.3. The highest BCUT2D eigenvalue weighted by Crippen LogP contribution is 2.35. The Morgan fingerprint density at radius 1 is 0.433 bits per heavy atom. The van der Waals surface area contributed by atoms with Crippen molar-refractivity contribution in [2.24, 2.45) is 0 Å². The molecule has 4 aliphatic rings. The molecule has 8 nitrogen and oxygen atoms in total. The largest absolute Gasteiger partial charge is 0.352 e. The number of thiocarbonyl (C=S) groups is 2. The predicted octanol–water partition coefficient (Wildman–Crippen LogP) is 13.7. The average Bonchev–Trinajstić information content (AvgIpc) is 3.37. The molecular formula is C54H66N4O4S5. The van der Waals surface area contributed by atoms with Gasteiger partial charge in [-0.25, -0.2) is 8.42 Å². The first-order chi connectivity index (χ1) is 32.6. The number of nitrogens with one attached hydrogen (secondary N) is 2. The Labute approximate surface area is 418 Å². The van der Waals surface area contributed by atoms with Crippen LogP contribution in [-0.4, -0.2) is 74.3 Å². The summed E-state index contributed by atoms with van der Waals surface area (Å²) in [6.07, 6.45) is 24.8. The van der Waals surface area contributed by atoms with Gasteiger partial charge in [0.25, 0.3) is 0 Å². The molecule has 4 saturated carbocycles. The molecule has 0 saturated heterocycles. The van der Waals surface area contributed by atoms with Gasteiger partial charge in [0.15, 0.2) is 0 Å². The molecule has 0 spiro atoms. The molecule has 4 aromatic rings. The van der Waals surface area contributed by atoms with E-state index in [1.807, 2.05) is 72.8 Å². The maximum absolute atomic E-state index is 13.7. The van der Waals surface area contributed by atoms with Gasteiger partial charge in [-0.2, -0.15) is 0 Å². The summed E-state index contributed by atoms with van der Waals surface area (Å²) in [6.45, 7) is 0. The van der Waals surface area contributed by atoms with Crippen molar-refractivity contribution in [3.8, 4) is 22.3 Å². The van der Waals surface area contributed by atoms with Gasteiger partial charge in [0.1, 0.15) is 8.64 Å². The van der Waals surface area contributed by atoms with Crippen LogP contribution < -0.4 is 10.6 Å². The summed E-state index contributed by atoms with van der Waals surface area (Å²) in [4.78, 5) is 31.6. The van der Waals surface area contributed by atoms with E-state index in [1.165, 1.54) is 152 Å². The van der Waals surface area contributed by atoms with E-state index in [0.717, 1.165) is 30.9 Å². The van der Waals surface area contributed by atoms with E-state index in [1.54, 1.807) is 24.3 Å². The molecule has 0 aromatic heterocycles. The molecule has 356 valence electrons. The summed E-state index contributed by atoms with van der Waals surface area (Å²) >= 11 is 14.9. The number of hydrogen-bond acceptors (Lipinski definition) is 8. The van der Waals surface area contributed by atoms with Crippen molar-refractivity contribution in [1.29, 1.82) is 0 Å². The van der Waals surface area contributed by atoms with Crippen LogP contribution in [0.3, 0.4) is 0 Å². The molecule has 0 heterocycles. The first-order valence-electron chi connectivity index (χ1n) is 24.8. The van der Waals surface area contributed by atoms with E-state index >= 15 is 0 Å². The van der Waals surface area contributed by atoms with Crippen LogP contribution in [0.4, 0.5) is 11.4 Å². The first-order valence-corrected chi connectivity index (χ1v) is 29.1. The second-order valence-electron chi connectivity index (χ2n) is 18.9. The minimum Gasteiger partial charge on any atom is -0.352 e. The van der Waals surface area contributed by atoms with Crippen molar-refractivity contribution < 1.29 is 18.0 Å². The number of anilines is 2. The summed E-state index contributed by atoms with van der Waals surface area (Å²) in [6, 6.07) is 31.1. The van der Waals surface area contributed by atoms with E-state index in [-0.39, 0.29) is 33.1 Å². The van der Waals surface area contributed by atoms with Crippen molar-refractivity contribution in [1.82, 2.24) is 9.80 Å². The summed E-state index contributed by atoms with van der Waals surface area (Å²) in [5.74, 6) is 0.396. The van der Waals surface area contributed by atoms with Gasteiger partial charge in [0, 0.05) is 35.5 Å². The number of carbonyl (C=O) groups is 2. The minimum atomic E-state index is -3.76. The molecule has 2 N–H and O–H groups in total. The molecule has 0 atom stereocenters. The molecule has 0 bridgehead atoms. The maximum Gasteiger partial charge on any atom is 0.234 e. The molecule has 2 amide bonds. The number of hydrogen-bond donors (Lipinski definition) is 2. The van der Waals surface area contributed by atoms with Crippen molar-refractivity contribution >= 4 is 89.6 Å². The Hall–Kier alpha value is -3.75. The fraction of sp³-hybridized carbons (Fsp3) is 0.481. The van der Waals surface area contributed by atoms with Crippen LogP contribution in [0.2, 0.25) is 0 Å². The Kier molecular flexibility index (Phi) is 17.9. The standard InChI is InChI=1S/C54H66N4O4S5/c59-51(37-65-53(63)57(45-13-5-1-6-14-45)46-15-7-2-8-16-46)55-43-29-21-39(22-30-43)41-25-33-49(34-26-41)67(61,62)50-35-27-42(28-36-50)40-23-31-44(32-24-40)56-52(60)38-66-54(64)58(47-17-9-3-10-18-47)48-19-11-4-12-20-48/h21-36,45-48H,1-20,37-38H2,(H,55,59)(H,56,60). The zero-order valence-corrected chi connectivity index (χ0v) is 42.8. The Morgan fingerprint density at radius 2 is 0.687 bits per heavy atom. The lowest BCUT2D eigenvalue weighted by molar-refractivity contribution is -0.114. The van der Waals surface area contributed by atoms with Crippen LogP contribution >= 0.6 is 48.0 Å². The Morgan fingerprint density at radius 3 is 0.955 bits per heavy atom. The zero-order valence-electron chi connectivity index (χ0n) is 38.7. The fourth-order valence-corrected chi connectivity index (χ4v) is 14.5. The molecule has 8 rings (SSSR count). The topological polar surface area (TPSA) is 98.8 Å². The van der Waals surface area contributed by atoms with Gasteiger partial charge in [-0.1, -0.05) is 174 Å². The monoisotopic (exact) mass is 994 g/mol. The van der Waals surface area contributed by atoms with E-state index in [9.17, 15) is 18.0 Å². The highest BCUT2D eigenvalue weighted by molar-refractivity contribution is 8.23. The van der Waals surface area contributed by atoms with Crippen LogP contribution in [0.15, 0.2) is 107 Å². The van der Waals surface area contributed by atoms with E-state index in [0.29, 0.717) is 35.5 Å². The van der Waals surface area contributed by atoms with Crippen molar-refractivity contribution in [2.75, 3.05) is 22.1 Å². The number of benzene rings is 4. The molecular weight excluding hydrogens is 929 g/mol. The molecule has 13 heteroatoms. The number of carbonyl (C=O) groups excluding carboxylic acids is 2. The lowest BCUT2D eigenvalue weighted by Gasteiger charge is -2.43. The van der Waals surface area contributed by atoms with Gasteiger partial charge in [-0.3, -0.25) is 9.59 Å². The SMILES string of the molecule is O=C(CSC(=S)N(C1CCCCC1)C1CCCCC1)Nc1ccc(-c2ccc(S(=O)(=O)c3ccc(-c4ccc(NC(=O)CSC(=S)N(C5CCCCC5)C5CCCCC5)cc4)cc3)cc2)cc1. The zero-order chi connectivity index (χ0) is 46.6. The number of thioether (sulfide) groups is 2. The summed E-state index contributed by atoms with van der Waals surface area (Å²) in [5, 5.41) is 6.07. The minimum absolute atomic E-state index is 0.0788. The van der Waals surface area contributed by atoms with Gasteiger partial charge in [0.05, 0.1) is 21.3 Å². The molecule has 4 aromatic carbocycles. The third-order valence-corrected chi connectivity index (χ3v) is 18.9. The number of rotatable bonds is 14. The maximum atomic E-state index is 13.7. The Balaban J connectivity index is 0.805. The Bertz CT molecular complexity index is 2190. The second-order valence-corrected chi connectivity index (χ2v) is 24.1. The highest BCUT2D eigenvalue weighted by atomic mass is 32.2. The predicted molar refractivity (Wildman–Crippen MR) is 288 cm³/mol. The molecule has 0 aliphatic heterocycles. The van der Waals surface area contributed by atoms with E-state index in [2.05, 4.69) is 20.4 Å². The van der Waals surface area contributed by atoms with Crippen LogP contribution in [-0.2, 0) is 19.4 Å². The normalized spacial score (nSPS) is 17.9. The number of amides is 2. The van der Waals surface area contributed by atoms with Gasteiger partial charge in [0.2, 0.25) is 21.7 Å². The summed E-state index contributed by atoms with van der Waals surface area (Å²) in [7, 11) is -3.76. The lowest BCUT2D eigenvalue weighted by atomic mass is 9.89. The summed E-state index contributed by atoms with van der Waals surface area (Å²) in [5.41, 5.74) is 4.98. The number of sulfone groups is 1. The molecule has 0 unspecified atom stereocenters. The van der Waals surface area contributed by atoms with E-state index in [4.69, 9.17) is 24.4 Å². The molecule has 67 heavy (non-hydrogen) atoms.